The molecule has 2 aromatic carbocycles. The number of aromatic nitrogens is 4. The van der Waals surface area contributed by atoms with E-state index in [2.05, 4.69) is 25.3 Å². The fourth-order valence-corrected chi connectivity index (χ4v) is 3.62. The summed E-state index contributed by atoms with van der Waals surface area (Å²) in [5.74, 6) is -0.327. The summed E-state index contributed by atoms with van der Waals surface area (Å²) in [5.41, 5.74) is 1.98. The molecule has 0 unspecified atom stereocenters. The lowest BCUT2D eigenvalue weighted by Crippen LogP contribution is -2.13. The van der Waals surface area contributed by atoms with Crippen LogP contribution >= 0.6 is 34.8 Å². The molecule has 7 nitrogen and oxygen atoms in total. The SMILES string of the molecule is O=C(Nc1nn(Cc2ccc(Cl)cc2Cl)cc1Cl)c1cc(-c2ccc(OC(F)F)cc2)n[nH]1. The predicted molar refractivity (Wildman–Crippen MR) is 121 cm³/mol. The lowest BCUT2D eigenvalue weighted by Gasteiger charge is -2.05. The van der Waals surface area contributed by atoms with Crippen molar-refractivity contribution in [3.63, 3.8) is 0 Å². The molecule has 0 atom stereocenters. The van der Waals surface area contributed by atoms with Gasteiger partial charge < -0.3 is 10.1 Å². The van der Waals surface area contributed by atoms with Crippen molar-refractivity contribution in [3.8, 4) is 17.0 Å². The van der Waals surface area contributed by atoms with Gasteiger partial charge in [0.1, 0.15) is 16.5 Å². The Morgan fingerprint density at radius 2 is 1.85 bits per heavy atom. The third-order valence-electron chi connectivity index (χ3n) is 4.49. The molecule has 4 aromatic rings. The first-order valence-corrected chi connectivity index (χ1v) is 10.5. The van der Waals surface area contributed by atoms with Crippen molar-refractivity contribution in [1.82, 2.24) is 20.0 Å². The Morgan fingerprint density at radius 1 is 1.09 bits per heavy atom. The van der Waals surface area contributed by atoms with E-state index in [1.165, 1.54) is 22.9 Å². The smallest absolute Gasteiger partial charge is 0.387 e. The topological polar surface area (TPSA) is 84.8 Å². The van der Waals surface area contributed by atoms with Gasteiger partial charge in [0.2, 0.25) is 0 Å². The summed E-state index contributed by atoms with van der Waals surface area (Å²) in [6, 6.07) is 12.5. The van der Waals surface area contributed by atoms with Crippen molar-refractivity contribution in [2.75, 3.05) is 5.32 Å². The summed E-state index contributed by atoms with van der Waals surface area (Å²) in [5, 5.41) is 14.9. The summed E-state index contributed by atoms with van der Waals surface area (Å²) in [7, 11) is 0. The van der Waals surface area contributed by atoms with Crippen LogP contribution in [-0.2, 0) is 6.54 Å². The quantitative estimate of drug-likeness (QED) is 0.312. The number of aromatic amines is 1. The van der Waals surface area contributed by atoms with Crippen molar-refractivity contribution in [2.45, 2.75) is 13.2 Å². The number of rotatable bonds is 7. The van der Waals surface area contributed by atoms with Crippen LogP contribution in [0.5, 0.6) is 5.75 Å². The van der Waals surface area contributed by atoms with Gasteiger partial charge in [-0.1, -0.05) is 40.9 Å². The van der Waals surface area contributed by atoms with E-state index in [-0.39, 0.29) is 22.3 Å². The first-order valence-electron chi connectivity index (χ1n) is 9.37. The Kier molecular flexibility index (Phi) is 6.83. The van der Waals surface area contributed by atoms with Gasteiger partial charge in [0.25, 0.3) is 5.91 Å². The first-order chi connectivity index (χ1) is 15.8. The zero-order valence-electron chi connectivity index (χ0n) is 16.5. The Hall–Kier alpha value is -3.14. The minimum atomic E-state index is -2.91. The van der Waals surface area contributed by atoms with Gasteiger partial charge in [-0.25, -0.2) is 0 Å². The van der Waals surface area contributed by atoms with Crippen molar-refractivity contribution < 1.29 is 18.3 Å². The van der Waals surface area contributed by atoms with Crippen LogP contribution in [0.3, 0.4) is 0 Å². The number of H-pyrrole nitrogens is 1. The van der Waals surface area contributed by atoms with E-state index in [9.17, 15) is 13.6 Å². The summed E-state index contributed by atoms with van der Waals surface area (Å²) >= 11 is 18.3. The molecule has 170 valence electrons. The average molecular weight is 513 g/mol. The number of halogens is 5. The fourth-order valence-electron chi connectivity index (χ4n) is 2.96. The molecule has 0 radical (unpaired) electrons. The number of carbonyl (C=O) groups excluding carboxylic acids is 1. The van der Waals surface area contributed by atoms with Gasteiger partial charge in [-0.3, -0.25) is 14.6 Å². The highest BCUT2D eigenvalue weighted by molar-refractivity contribution is 6.35. The van der Waals surface area contributed by atoms with Crippen LogP contribution in [0.4, 0.5) is 14.6 Å². The number of hydrogen-bond acceptors (Lipinski definition) is 4. The van der Waals surface area contributed by atoms with E-state index in [0.29, 0.717) is 27.8 Å². The molecule has 1 amide bonds. The Bertz CT molecular complexity index is 1290. The van der Waals surface area contributed by atoms with E-state index in [4.69, 9.17) is 34.8 Å². The lowest BCUT2D eigenvalue weighted by molar-refractivity contribution is -0.0498. The van der Waals surface area contributed by atoms with Crippen molar-refractivity contribution >= 4 is 46.5 Å². The number of amides is 1. The number of benzene rings is 2. The highest BCUT2D eigenvalue weighted by Crippen LogP contribution is 2.26. The summed E-state index contributed by atoms with van der Waals surface area (Å²) in [4.78, 5) is 12.6. The molecule has 2 heterocycles. The molecule has 2 aromatic heterocycles. The van der Waals surface area contributed by atoms with Gasteiger partial charge in [0.15, 0.2) is 5.82 Å². The molecule has 4 rings (SSSR count). The van der Waals surface area contributed by atoms with Crippen LogP contribution in [0, 0.1) is 0 Å². The second kappa shape index (κ2) is 9.78. The Morgan fingerprint density at radius 3 is 2.55 bits per heavy atom. The third-order valence-corrected chi connectivity index (χ3v) is 5.36. The maximum absolute atomic E-state index is 12.6. The maximum Gasteiger partial charge on any atom is 0.387 e. The Balaban J connectivity index is 1.44. The highest BCUT2D eigenvalue weighted by Gasteiger charge is 2.16. The normalized spacial score (nSPS) is 11.1. The summed E-state index contributed by atoms with van der Waals surface area (Å²) in [6.07, 6.45) is 1.56. The van der Waals surface area contributed by atoms with E-state index in [1.807, 2.05) is 0 Å². The maximum atomic E-state index is 12.6. The van der Waals surface area contributed by atoms with Crippen LogP contribution in [0.1, 0.15) is 16.1 Å². The van der Waals surface area contributed by atoms with Crippen molar-refractivity contribution in [1.29, 1.82) is 0 Å². The number of hydrogen-bond donors (Lipinski definition) is 2. The van der Waals surface area contributed by atoms with E-state index in [0.717, 1.165) is 5.56 Å². The van der Waals surface area contributed by atoms with Gasteiger partial charge in [-0.15, -0.1) is 0 Å². The number of alkyl halides is 2. The molecule has 0 fully saturated rings. The van der Waals surface area contributed by atoms with Gasteiger partial charge in [-0.2, -0.15) is 19.0 Å². The van der Waals surface area contributed by atoms with Crippen LogP contribution in [-0.4, -0.2) is 32.5 Å². The minimum Gasteiger partial charge on any atom is -0.435 e. The molecule has 0 spiro atoms. The number of nitrogens with zero attached hydrogens (tertiary/aromatic N) is 3. The second-order valence-electron chi connectivity index (χ2n) is 6.78. The summed E-state index contributed by atoms with van der Waals surface area (Å²) < 4.78 is 30.4. The standard InChI is InChI=1S/C21H14Cl3F2N5O2/c22-13-4-1-12(15(23)7-13)9-31-10-16(24)19(30-31)27-20(32)18-8-17(28-29-18)11-2-5-14(6-3-11)33-21(25)26/h1-8,10,21H,9H2,(H,28,29)(H,27,30,32). The van der Waals surface area contributed by atoms with Gasteiger partial charge in [-0.05, 0) is 48.0 Å². The molecule has 0 aliphatic heterocycles. The molecule has 0 aliphatic rings. The predicted octanol–water partition coefficient (Wildman–Crippen LogP) is 6.14. The van der Waals surface area contributed by atoms with Crippen LogP contribution in [0.15, 0.2) is 54.7 Å². The zero-order chi connectivity index (χ0) is 23.5. The zero-order valence-corrected chi connectivity index (χ0v) is 18.8. The monoisotopic (exact) mass is 511 g/mol. The first kappa shape index (κ1) is 23.0. The lowest BCUT2D eigenvalue weighted by atomic mass is 10.1. The average Bonchev–Trinajstić information content (AvgIpc) is 3.38. The van der Waals surface area contributed by atoms with Gasteiger partial charge in [0.05, 0.1) is 12.2 Å². The van der Waals surface area contributed by atoms with Crippen LogP contribution < -0.4 is 10.1 Å². The molecular weight excluding hydrogens is 499 g/mol. The van der Waals surface area contributed by atoms with Crippen LogP contribution in [0.25, 0.3) is 11.3 Å². The Labute approximate surface area is 201 Å². The van der Waals surface area contributed by atoms with Crippen molar-refractivity contribution in [3.05, 3.63) is 81.1 Å². The molecule has 0 saturated heterocycles. The minimum absolute atomic E-state index is 0.0207. The van der Waals surface area contributed by atoms with Crippen LogP contribution in [0.2, 0.25) is 15.1 Å². The molecule has 0 aliphatic carbocycles. The number of anilines is 1. The molecule has 2 N–H and O–H groups in total. The van der Waals surface area contributed by atoms with E-state index in [1.54, 1.807) is 36.5 Å². The number of carbonyl (C=O) groups is 1. The fraction of sp³-hybridized carbons (Fsp3) is 0.0952. The third kappa shape index (κ3) is 5.62. The molecular formula is C21H14Cl3F2N5O2. The molecule has 0 bridgehead atoms. The van der Waals surface area contributed by atoms with Gasteiger partial charge in [0, 0.05) is 21.8 Å². The second-order valence-corrected chi connectivity index (χ2v) is 8.03. The number of ether oxygens (including phenoxy) is 1. The van der Waals surface area contributed by atoms with E-state index < -0.39 is 12.5 Å². The van der Waals surface area contributed by atoms with Crippen molar-refractivity contribution in [2.24, 2.45) is 0 Å². The number of nitrogens with one attached hydrogen (secondary N) is 2. The highest BCUT2D eigenvalue weighted by atomic mass is 35.5. The summed E-state index contributed by atoms with van der Waals surface area (Å²) in [6.45, 7) is -2.58. The molecule has 33 heavy (non-hydrogen) atoms. The molecule has 12 heteroatoms. The van der Waals surface area contributed by atoms with Gasteiger partial charge >= 0.3 is 6.61 Å². The largest absolute Gasteiger partial charge is 0.435 e. The molecule has 0 saturated carbocycles. The van der Waals surface area contributed by atoms with E-state index >= 15 is 0 Å².